The van der Waals surface area contributed by atoms with Gasteiger partial charge in [-0.2, -0.15) is 5.26 Å². The van der Waals surface area contributed by atoms with Crippen LogP contribution < -0.4 is 9.47 Å². The van der Waals surface area contributed by atoms with Crippen LogP contribution in [0.15, 0.2) is 18.2 Å². The molecular formula is C13H17NO4. The number of ether oxygens (including phenoxy) is 4. The van der Waals surface area contributed by atoms with Gasteiger partial charge in [-0.05, 0) is 30.2 Å². The predicted octanol–water partition coefficient (Wildman–Crippen LogP) is 2.11. The minimum absolute atomic E-state index is 0.178. The molecule has 0 aliphatic carbocycles. The summed E-state index contributed by atoms with van der Waals surface area (Å²) in [6.45, 7) is 0.369. The third-order valence-electron chi connectivity index (χ3n) is 2.21. The average Bonchev–Trinajstić information content (AvgIpc) is 2.41. The van der Waals surface area contributed by atoms with E-state index < -0.39 is 0 Å². The van der Waals surface area contributed by atoms with E-state index in [4.69, 9.17) is 24.2 Å². The Kier molecular flexibility index (Phi) is 6.62. The zero-order valence-corrected chi connectivity index (χ0v) is 10.6. The third kappa shape index (κ3) is 4.62. The fraction of sp³-hybridized carbons (Fsp3) is 0.462. The molecule has 0 amide bonds. The molecule has 0 aliphatic rings. The molecule has 0 saturated heterocycles. The van der Waals surface area contributed by atoms with Gasteiger partial charge in [0.25, 0.3) is 0 Å². The summed E-state index contributed by atoms with van der Waals surface area (Å²) in [4.78, 5) is 0. The summed E-state index contributed by atoms with van der Waals surface area (Å²) < 4.78 is 20.5. The minimum atomic E-state index is 0.178. The van der Waals surface area contributed by atoms with E-state index in [2.05, 4.69) is 6.07 Å². The first-order valence-corrected chi connectivity index (χ1v) is 5.55. The van der Waals surface area contributed by atoms with E-state index in [1.54, 1.807) is 26.4 Å². The van der Waals surface area contributed by atoms with Crippen molar-refractivity contribution in [3.63, 3.8) is 0 Å². The number of nitriles is 1. The molecule has 1 aromatic carbocycles. The molecule has 0 aromatic heterocycles. The Bertz CT molecular complexity index is 400. The molecule has 0 saturated carbocycles. The lowest BCUT2D eigenvalue weighted by atomic mass is 10.1. The number of rotatable bonds is 8. The van der Waals surface area contributed by atoms with Gasteiger partial charge in [-0.3, -0.25) is 0 Å². The van der Waals surface area contributed by atoms with Crippen molar-refractivity contribution < 1.29 is 18.9 Å². The molecule has 0 spiro atoms. The molecular weight excluding hydrogens is 234 g/mol. The second-order valence-electron chi connectivity index (χ2n) is 3.53. The first kappa shape index (κ1) is 14.3. The van der Waals surface area contributed by atoms with E-state index in [0.717, 1.165) is 5.56 Å². The molecule has 18 heavy (non-hydrogen) atoms. The molecule has 0 unspecified atom stereocenters. The third-order valence-corrected chi connectivity index (χ3v) is 2.21. The molecule has 1 rings (SSSR count). The fourth-order valence-corrected chi connectivity index (χ4v) is 1.42. The van der Waals surface area contributed by atoms with Crippen molar-refractivity contribution in [2.45, 2.75) is 12.8 Å². The molecule has 0 atom stereocenters. The lowest BCUT2D eigenvalue weighted by Gasteiger charge is -2.12. The summed E-state index contributed by atoms with van der Waals surface area (Å²) in [6, 6.07) is 7.55. The molecule has 0 bridgehead atoms. The number of aryl methyl sites for hydroxylation is 1. The number of nitrogens with zero attached hydrogens (tertiary/aromatic N) is 1. The van der Waals surface area contributed by atoms with E-state index in [0.29, 0.717) is 24.3 Å². The normalized spacial score (nSPS) is 9.83. The standard InChI is InChI=1S/C13H17NO4/c1-15-9-17-12-5-6-13(18-10-16-2)11(8-12)4-3-7-14/h5-6,8H,3-4,9-10H2,1-2H3. The summed E-state index contributed by atoms with van der Waals surface area (Å²) in [5, 5.41) is 8.64. The van der Waals surface area contributed by atoms with Crippen LogP contribution in [0.5, 0.6) is 11.5 Å². The summed E-state index contributed by atoms with van der Waals surface area (Å²) in [7, 11) is 3.12. The SMILES string of the molecule is COCOc1ccc(OCOC)c(CCC#N)c1. The average molecular weight is 251 g/mol. The van der Waals surface area contributed by atoms with Crippen LogP contribution >= 0.6 is 0 Å². The van der Waals surface area contributed by atoms with Crippen LogP contribution in [-0.4, -0.2) is 27.8 Å². The Labute approximate surface area is 107 Å². The van der Waals surface area contributed by atoms with Crippen LogP contribution in [0.25, 0.3) is 0 Å². The Morgan fingerprint density at radius 1 is 1.11 bits per heavy atom. The second-order valence-corrected chi connectivity index (χ2v) is 3.53. The van der Waals surface area contributed by atoms with Crippen LogP contribution in [0.4, 0.5) is 0 Å². The fourth-order valence-electron chi connectivity index (χ4n) is 1.42. The van der Waals surface area contributed by atoms with Crippen molar-refractivity contribution in [2.75, 3.05) is 27.8 Å². The Morgan fingerprint density at radius 2 is 1.83 bits per heavy atom. The van der Waals surface area contributed by atoms with Gasteiger partial charge in [0.2, 0.25) is 0 Å². The minimum Gasteiger partial charge on any atom is -0.468 e. The maximum atomic E-state index is 8.64. The van der Waals surface area contributed by atoms with Crippen molar-refractivity contribution in [2.24, 2.45) is 0 Å². The molecule has 1 aromatic rings. The number of hydrogen-bond acceptors (Lipinski definition) is 5. The Balaban J connectivity index is 2.78. The quantitative estimate of drug-likeness (QED) is 0.662. The van der Waals surface area contributed by atoms with Crippen LogP contribution in [0.2, 0.25) is 0 Å². The lowest BCUT2D eigenvalue weighted by molar-refractivity contribution is 0.0478. The molecule has 0 N–H and O–H groups in total. The van der Waals surface area contributed by atoms with Crippen molar-refractivity contribution in [3.8, 4) is 17.6 Å². The van der Waals surface area contributed by atoms with Gasteiger partial charge in [0, 0.05) is 20.6 Å². The van der Waals surface area contributed by atoms with Crippen molar-refractivity contribution in [1.29, 1.82) is 5.26 Å². The van der Waals surface area contributed by atoms with Gasteiger partial charge in [0.15, 0.2) is 13.6 Å². The van der Waals surface area contributed by atoms with Gasteiger partial charge in [-0.15, -0.1) is 0 Å². The highest BCUT2D eigenvalue weighted by Gasteiger charge is 2.06. The first-order chi connectivity index (χ1) is 8.81. The van der Waals surface area contributed by atoms with E-state index in [-0.39, 0.29) is 13.6 Å². The van der Waals surface area contributed by atoms with Gasteiger partial charge in [0.05, 0.1) is 6.07 Å². The molecule has 98 valence electrons. The maximum Gasteiger partial charge on any atom is 0.188 e. The van der Waals surface area contributed by atoms with E-state index in [9.17, 15) is 0 Å². The number of methoxy groups -OCH3 is 2. The monoisotopic (exact) mass is 251 g/mol. The molecule has 5 nitrogen and oxygen atoms in total. The maximum absolute atomic E-state index is 8.64. The van der Waals surface area contributed by atoms with Crippen LogP contribution in [0, 0.1) is 11.3 Å². The van der Waals surface area contributed by atoms with Gasteiger partial charge in [-0.25, -0.2) is 0 Å². The van der Waals surface area contributed by atoms with Gasteiger partial charge in [-0.1, -0.05) is 0 Å². The Morgan fingerprint density at radius 3 is 2.50 bits per heavy atom. The molecule has 0 fully saturated rings. The molecule has 5 heteroatoms. The number of hydrogen-bond donors (Lipinski definition) is 0. The zero-order chi connectivity index (χ0) is 13.2. The van der Waals surface area contributed by atoms with Gasteiger partial charge < -0.3 is 18.9 Å². The number of benzene rings is 1. The Hall–Kier alpha value is -1.77. The topological polar surface area (TPSA) is 60.7 Å². The van der Waals surface area contributed by atoms with E-state index >= 15 is 0 Å². The summed E-state index contributed by atoms with van der Waals surface area (Å²) >= 11 is 0. The largest absolute Gasteiger partial charge is 0.468 e. The predicted molar refractivity (Wildman–Crippen MR) is 65.4 cm³/mol. The molecule has 0 aliphatic heterocycles. The second kappa shape index (κ2) is 8.34. The summed E-state index contributed by atoms with van der Waals surface area (Å²) in [6.07, 6.45) is 1.04. The lowest BCUT2D eigenvalue weighted by Crippen LogP contribution is -2.03. The van der Waals surface area contributed by atoms with Crippen LogP contribution in [0.3, 0.4) is 0 Å². The first-order valence-electron chi connectivity index (χ1n) is 5.55. The van der Waals surface area contributed by atoms with Crippen molar-refractivity contribution in [3.05, 3.63) is 23.8 Å². The van der Waals surface area contributed by atoms with Crippen LogP contribution in [-0.2, 0) is 15.9 Å². The van der Waals surface area contributed by atoms with E-state index in [1.165, 1.54) is 0 Å². The summed E-state index contributed by atoms with van der Waals surface area (Å²) in [5.74, 6) is 1.39. The van der Waals surface area contributed by atoms with Gasteiger partial charge in [0.1, 0.15) is 11.5 Å². The van der Waals surface area contributed by atoms with E-state index in [1.807, 2.05) is 6.07 Å². The van der Waals surface area contributed by atoms with Gasteiger partial charge >= 0.3 is 0 Å². The molecule has 0 heterocycles. The highest BCUT2D eigenvalue weighted by molar-refractivity contribution is 5.40. The van der Waals surface area contributed by atoms with Crippen LogP contribution in [0.1, 0.15) is 12.0 Å². The van der Waals surface area contributed by atoms with Crippen molar-refractivity contribution >= 4 is 0 Å². The highest BCUT2D eigenvalue weighted by Crippen LogP contribution is 2.25. The summed E-state index contributed by atoms with van der Waals surface area (Å²) in [5.41, 5.74) is 0.919. The molecule has 0 radical (unpaired) electrons. The highest BCUT2D eigenvalue weighted by atomic mass is 16.7. The smallest absolute Gasteiger partial charge is 0.188 e. The zero-order valence-electron chi connectivity index (χ0n) is 10.6. The van der Waals surface area contributed by atoms with Crippen molar-refractivity contribution in [1.82, 2.24) is 0 Å².